The summed E-state index contributed by atoms with van der Waals surface area (Å²) in [7, 11) is 0. The van der Waals surface area contributed by atoms with Gasteiger partial charge in [0, 0.05) is 47.7 Å². The molecule has 0 bridgehead atoms. The Kier molecular flexibility index (Phi) is 19.2. The van der Waals surface area contributed by atoms with Gasteiger partial charge in [-0.1, -0.05) is 155 Å². The highest BCUT2D eigenvalue weighted by atomic mass is 16.1. The minimum Gasteiger partial charge on any atom is -0.358 e. The minimum atomic E-state index is 0. The molecule has 10 fully saturated rings. The number of carbonyl (C=O) groups excluding carboxylic acids is 2. The van der Waals surface area contributed by atoms with Crippen molar-refractivity contribution in [3.63, 3.8) is 0 Å². The number of fused-ring (bicyclic) bond motifs is 20. The van der Waals surface area contributed by atoms with Crippen molar-refractivity contribution < 1.29 is 14.6 Å². The molecule has 4 nitrogen and oxygen atoms in total. The molecule has 16 unspecified atom stereocenters. The van der Waals surface area contributed by atoms with Gasteiger partial charge in [0.1, 0.15) is 11.6 Å². The van der Waals surface area contributed by atoms with Crippen LogP contribution in [0.15, 0.2) is 108 Å². The van der Waals surface area contributed by atoms with E-state index < -0.39 is 0 Å². The van der Waals surface area contributed by atoms with Crippen LogP contribution in [0, 0.1) is 145 Å². The molecule has 1 N–H and O–H groups in total. The van der Waals surface area contributed by atoms with Crippen LogP contribution in [0.2, 0.25) is 0 Å². The molecule has 0 spiro atoms. The molecule has 0 saturated heterocycles. The molecule has 2 heterocycles. The first-order chi connectivity index (χ1) is 44.9. The second-order valence-corrected chi connectivity index (χ2v) is 38.4. The van der Waals surface area contributed by atoms with E-state index >= 15 is 0 Å². The number of nitrogens with one attached hydrogen (secondary N) is 1. The van der Waals surface area contributed by atoms with Crippen LogP contribution in [0.25, 0.3) is 11.1 Å². The van der Waals surface area contributed by atoms with Gasteiger partial charge >= 0.3 is 0 Å². The average molecular weight is 1300 g/mol. The van der Waals surface area contributed by atoms with Gasteiger partial charge in [0.05, 0.1) is 0 Å². The van der Waals surface area contributed by atoms with Crippen molar-refractivity contribution >= 4 is 22.7 Å². The standard InChI is InChI=1S/2C25H33N.2C20H30O.CH4.CH3/c2*1-17-10-12-24(2)19(15-17)6-7-20-22-9-8-21(18-5-4-14-26-16-18)25(22,3)13-11-23(20)24;2*1-13-8-10-19(2)14(12-13)4-5-15-16-6-7-18(21)20(16,3)11-9-17(15)19;;/h2*4-6,8,14,16-17,20,22-23H,7,9-13,15H2,1-3H3;2*4,13,15-17H,5-12H2,1-3H3;1H4;1H3/q;;;;;-1/p+1/t2*17?,20?,22?,23?,24-,25+;2*13?,15?,16?,17?,19-,20-;;/m0000../s1. The number of ketones is 2. The zero-order chi connectivity index (χ0) is 65.5. The van der Waals surface area contributed by atoms with Crippen LogP contribution >= 0.6 is 0 Å². The number of aromatic nitrogens is 2. The Hall–Kier alpha value is -3.92. The Labute approximate surface area is 586 Å². The number of H-pyrrole nitrogens is 1. The summed E-state index contributed by atoms with van der Waals surface area (Å²) in [5.74, 6) is 14.6. The highest BCUT2D eigenvalue weighted by Crippen LogP contribution is 2.71. The number of pyridine rings is 2. The molecule has 18 rings (SSSR count). The van der Waals surface area contributed by atoms with Crippen molar-refractivity contribution in [3.8, 4) is 0 Å². The molecule has 524 valence electrons. The van der Waals surface area contributed by atoms with Crippen LogP contribution in [0.1, 0.15) is 294 Å². The van der Waals surface area contributed by atoms with E-state index in [1.165, 1.54) is 178 Å². The van der Waals surface area contributed by atoms with E-state index in [1.54, 1.807) is 22.3 Å². The highest BCUT2D eigenvalue weighted by Gasteiger charge is 2.62. The smallest absolute Gasteiger partial charge is 0.174 e. The molecule has 0 aliphatic heterocycles. The summed E-state index contributed by atoms with van der Waals surface area (Å²) in [4.78, 5) is 32.5. The van der Waals surface area contributed by atoms with Gasteiger partial charge < -0.3 is 7.43 Å². The van der Waals surface area contributed by atoms with E-state index in [2.05, 4.69) is 166 Å². The fourth-order valence-corrected chi connectivity index (χ4v) is 28.0. The average Bonchev–Trinajstić information content (AvgIpc) is 1.36. The lowest BCUT2D eigenvalue weighted by Gasteiger charge is -2.58. The summed E-state index contributed by atoms with van der Waals surface area (Å²) in [6.07, 6.45) is 62.9. The fraction of sp³-hybridized carbons (Fsp3) is 0.728. The second kappa shape index (κ2) is 26.2. The number of allylic oxidation sites excluding steroid dienone is 12. The molecule has 2 aromatic heterocycles. The van der Waals surface area contributed by atoms with E-state index in [1.807, 2.05) is 23.5 Å². The molecule has 10 saturated carbocycles. The zero-order valence-corrected chi connectivity index (χ0v) is 62.3. The highest BCUT2D eigenvalue weighted by molar-refractivity contribution is 5.88. The predicted molar refractivity (Wildman–Crippen MR) is 401 cm³/mol. The van der Waals surface area contributed by atoms with Crippen LogP contribution in [-0.4, -0.2) is 16.6 Å². The largest absolute Gasteiger partial charge is 0.358 e. The van der Waals surface area contributed by atoms with E-state index in [-0.39, 0.29) is 25.7 Å². The third kappa shape index (κ3) is 11.2. The van der Waals surface area contributed by atoms with Crippen molar-refractivity contribution in [2.24, 2.45) is 138 Å². The van der Waals surface area contributed by atoms with Gasteiger partial charge in [0.25, 0.3) is 0 Å². The Bertz CT molecular complexity index is 3190. The molecule has 96 heavy (non-hydrogen) atoms. The normalized spacial score (nSPS) is 47.1. The molecular formula is C92H134N2O2. The lowest BCUT2D eigenvalue weighted by atomic mass is 9.47. The summed E-state index contributed by atoms with van der Waals surface area (Å²) in [6.45, 7) is 29.8. The number of rotatable bonds is 2. The monoisotopic (exact) mass is 1300 g/mol. The molecule has 16 aliphatic rings. The molecule has 0 aromatic carbocycles. The first-order valence-electron chi connectivity index (χ1n) is 40.1. The van der Waals surface area contributed by atoms with Crippen LogP contribution in [0.3, 0.4) is 0 Å². The van der Waals surface area contributed by atoms with Gasteiger partial charge in [-0.3, -0.25) is 14.6 Å². The second-order valence-electron chi connectivity index (χ2n) is 38.4. The van der Waals surface area contributed by atoms with Gasteiger partial charge in [0.2, 0.25) is 0 Å². The van der Waals surface area contributed by atoms with Crippen LogP contribution in [0.4, 0.5) is 0 Å². The van der Waals surface area contributed by atoms with Crippen LogP contribution in [0.5, 0.6) is 0 Å². The molecule has 0 amide bonds. The quantitative estimate of drug-likeness (QED) is 0.222. The maximum atomic E-state index is 12.4. The van der Waals surface area contributed by atoms with E-state index in [0.717, 1.165) is 109 Å². The van der Waals surface area contributed by atoms with Crippen molar-refractivity contribution in [3.05, 3.63) is 126 Å². The van der Waals surface area contributed by atoms with Crippen molar-refractivity contribution in [2.45, 2.75) is 283 Å². The van der Waals surface area contributed by atoms with Crippen LogP contribution in [-0.2, 0) is 9.59 Å². The first kappa shape index (κ1) is 70.5. The number of Topliss-reactive ketones (excluding diaryl/α,β-unsaturated/α-hetero) is 2. The Morgan fingerprint density at radius 2 is 0.698 bits per heavy atom. The van der Waals surface area contributed by atoms with Crippen molar-refractivity contribution in [1.29, 1.82) is 0 Å². The van der Waals surface area contributed by atoms with Crippen LogP contribution < -0.4 is 4.98 Å². The van der Waals surface area contributed by atoms with E-state index in [4.69, 9.17) is 0 Å². The molecule has 24 atom stereocenters. The summed E-state index contributed by atoms with van der Waals surface area (Å²) in [5.41, 5.74) is 15.9. The molecule has 16 aliphatic carbocycles. The maximum absolute atomic E-state index is 12.4. The number of aromatic amines is 1. The molecule has 4 heteroatoms. The Balaban J connectivity index is 0.000000115. The van der Waals surface area contributed by atoms with Crippen molar-refractivity contribution in [1.82, 2.24) is 4.98 Å². The summed E-state index contributed by atoms with van der Waals surface area (Å²) in [5, 5.41) is 0. The summed E-state index contributed by atoms with van der Waals surface area (Å²) < 4.78 is 0. The van der Waals surface area contributed by atoms with Gasteiger partial charge in [-0.05, 0) is 336 Å². The van der Waals surface area contributed by atoms with Gasteiger partial charge in [0.15, 0.2) is 12.4 Å². The number of carbonyl (C=O) groups is 2. The first-order valence-corrected chi connectivity index (χ1v) is 40.1. The Morgan fingerprint density at radius 1 is 0.375 bits per heavy atom. The lowest BCUT2D eigenvalue weighted by Crippen LogP contribution is -2.50. The molecule has 0 radical (unpaired) electrons. The third-order valence-electron chi connectivity index (χ3n) is 34.0. The number of hydrogen-bond donors (Lipinski definition) is 0. The zero-order valence-electron chi connectivity index (χ0n) is 62.3. The summed E-state index contributed by atoms with van der Waals surface area (Å²) in [6, 6.07) is 8.81. The van der Waals surface area contributed by atoms with Gasteiger partial charge in [-0.15, -0.1) is 0 Å². The number of hydrogen-bond acceptors (Lipinski definition) is 3. The minimum absolute atomic E-state index is 0. The maximum Gasteiger partial charge on any atom is 0.174 e. The molecular weight excluding hydrogens is 1170 g/mol. The van der Waals surface area contributed by atoms with E-state index in [9.17, 15) is 9.59 Å². The van der Waals surface area contributed by atoms with E-state index in [0.29, 0.717) is 55.9 Å². The molecule has 2 aromatic rings. The SMILES string of the molecule is C.CC1CC[C@@]2(C)C(=CCC3C2CC[C@]2(C)C(=O)CCC32)C1.CC1CC[C@@]2(C)C(=CCC3C2CC[C@]2(C)C(=O)CCC32)C1.CC1CC[C@@]2(C)C(=CCC3C2CC[C@]2(C)C(c4ccc[nH+]c4)=CCC32)C1.CC1CC[C@@]2(C)C(=CCC3C2CC[C@]2(C)C(c4cccnc4)=CCC32)C1.[CH3-]. The Morgan fingerprint density at radius 3 is 1.04 bits per heavy atom. The fourth-order valence-electron chi connectivity index (χ4n) is 28.0. The van der Waals surface area contributed by atoms with Crippen molar-refractivity contribution in [2.75, 3.05) is 0 Å². The third-order valence-corrected chi connectivity index (χ3v) is 34.0. The van der Waals surface area contributed by atoms with Gasteiger partial charge in [-0.25, -0.2) is 4.98 Å². The van der Waals surface area contributed by atoms with Gasteiger partial charge in [-0.2, -0.15) is 0 Å². The number of nitrogens with zero attached hydrogens (tertiary/aromatic N) is 1. The lowest BCUT2D eigenvalue weighted by molar-refractivity contribution is -0.378. The summed E-state index contributed by atoms with van der Waals surface area (Å²) >= 11 is 0. The predicted octanol–water partition coefficient (Wildman–Crippen LogP) is 24.2. The topological polar surface area (TPSA) is 61.2 Å².